The van der Waals surface area contributed by atoms with E-state index in [1.165, 1.54) is 0 Å². The SMILES string of the molecule is CCn1cc(S(=O)(=O)NC2CCC(C)CC2C)cc1CN. The molecule has 0 aromatic carbocycles. The zero-order chi connectivity index (χ0) is 15.6. The molecule has 21 heavy (non-hydrogen) atoms. The molecule has 0 radical (unpaired) electrons. The van der Waals surface area contributed by atoms with E-state index in [1.807, 2.05) is 11.5 Å². The largest absolute Gasteiger partial charge is 0.349 e. The minimum absolute atomic E-state index is 0.0394. The standard InChI is InChI=1S/C15H27N3O2S/c1-4-18-10-14(8-13(18)9-16)21(19,20)17-15-6-5-11(2)7-12(15)3/h8,10-12,15,17H,4-7,9,16H2,1-3H3. The molecule has 1 fully saturated rings. The lowest BCUT2D eigenvalue weighted by Gasteiger charge is -2.32. The van der Waals surface area contributed by atoms with Gasteiger partial charge >= 0.3 is 0 Å². The Balaban J connectivity index is 2.16. The molecule has 0 spiro atoms. The first-order valence-electron chi connectivity index (χ1n) is 7.78. The number of nitrogens with two attached hydrogens (primary N) is 1. The van der Waals surface area contributed by atoms with Crippen molar-refractivity contribution in [1.82, 2.24) is 9.29 Å². The second-order valence-electron chi connectivity index (χ2n) is 6.28. The van der Waals surface area contributed by atoms with E-state index in [1.54, 1.807) is 12.3 Å². The quantitative estimate of drug-likeness (QED) is 0.873. The Kier molecular flexibility index (Phi) is 5.11. The fourth-order valence-corrected chi connectivity index (χ4v) is 4.69. The zero-order valence-electron chi connectivity index (χ0n) is 13.2. The fraction of sp³-hybridized carbons (Fsp3) is 0.733. The third kappa shape index (κ3) is 3.67. The molecule has 2 rings (SSSR count). The normalized spacial score (nSPS) is 27.0. The van der Waals surface area contributed by atoms with E-state index in [9.17, 15) is 8.42 Å². The molecule has 0 bridgehead atoms. The van der Waals surface area contributed by atoms with Gasteiger partial charge in [-0.1, -0.05) is 13.8 Å². The first kappa shape index (κ1) is 16.5. The van der Waals surface area contributed by atoms with Gasteiger partial charge in [-0.05, 0) is 44.1 Å². The number of nitrogens with zero attached hydrogens (tertiary/aromatic N) is 1. The Morgan fingerprint density at radius 2 is 2.10 bits per heavy atom. The molecule has 0 amide bonds. The molecule has 6 heteroatoms. The maximum atomic E-state index is 12.6. The van der Waals surface area contributed by atoms with Crippen LogP contribution in [-0.4, -0.2) is 19.0 Å². The van der Waals surface area contributed by atoms with E-state index in [-0.39, 0.29) is 6.04 Å². The maximum absolute atomic E-state index is 12.6. The lowest BCUT2D eigenvalue weighted by Crippen LogP contribution is -2.42. The maximum Gasteiger partial charge on any atom is 0.242 e. The van der Waals surface area contributed by atoms with Gasteiger partial charge in [0.2, 0.25) is 10.0 Å². The number of hydrogen-bond donors (Lipinski definition) is 2. The Labute approximate surface area is 128 Å². The monoisotopic (exact) mass is 313 g/mol. The highest BCUT2D eigenvalue weighted by Gasteiger charge is 2.30. The van der Waals surface area contributed by atoms with Gasteiger partial charge in [0.15, 0.2) is 0 Å². The van der Waals surface area contributed by atoms with Gasteiger partial charge in [-0.25, -0.2) is 13.1 Å². The molecule has 0 saturated heterocycles. The first-order valence-corrected chi connectivity index (χ1v) is 9.27. The van der Waals surface area contributed by atoms with Crippen molar-refractivity contribution in [2.45, 2.75) is 64.1 Å². The van der Waals surface area contributed by atoms with Gasteiger partial charge in [0, 0.05) is 31.0 Å². The highest BCUT2D eigenvalue weighted by molar-refractivity contribution is 7.89. The van der Waals surface area contributed by atoms with Crippen LogP contribution < -0.4 is 10.5 Å². The predicted molar refractivity (Wildman–Crippen MR) is 84.3 cm³/mol. The summed E-state index contributed by atoms with van der Waals surface area (Å²) in [7, 11) is -3.46. The van der Waals surface area contributed by atoms with Crippen LogP contribution in [-0.2, 0) is 23.1 Å². The van der Waals surface area contributed by atoms with Gasteiger partial charge in [-0.15, -0.1) is 0 Å². The van der Waals surface area contributed by atoms with E-state index < -0.39 is 10.0 Å². The molecule has 1 saturated carbocycles. The molecule has 5 nitrogen and oxygen atoms in total. The molecule has 1 aromatic heterocycles. The summed E-state index contributed by atoms with van der Waals surface area (Å²) in [5.41, 5.74) is 6.52. The molecule has 120 valence electrons. The summed E-state index contributed by atoms with van der Waals surface area (Å²) >= 11 is 0. The number of nitrogens with one attached hydrogen (secondary N) is 1. The van der Waals surface area contributed by atoms with Gasteiger partial charge in [0.05, 0.1) is 4.90 Å². The van der Waals surface area contributed by atoms with Crippen LogP contribution in [0.3, 0.4) is 0 Å². The summed E-state index contributed by atoms with van der Waals surface area (Å²) in [5, 5.41) is 0. The highest BCUT2D eigenvalue weighted by Crippen LogP contribution is 2.29. The van der Waals surface area contributed by atoms with Crippen LogP contribution in [0.1, 0.15) is 45.7 Å². The van der Waals surface area contributed by atoms with Crippen LogP contribution in [0.5, 0.6) is 0 Å². The molecule has 0 aliphatic heterocycles. The van der Waals surface area contributed by atoms with E-state index in [2.05, 4.69) is 18.6 Å². The van der Waals surface area contributed by atoms with Crippen molar-refractivity contribution >= 4 is 10.0 Å². The van der Waals surface area contributed by atoms with Crippen molar-refractivity contribution in [3.8, 4) is 0 Å². The van der Waals surface area contributed by atoms with Crippen molar-refractivity contribution in [3.05, 3.63) is 18.0 Å². The summed E-state index contributed by atoms with van der Waals surface area (Å²) < 4.78 is 29.9. The average molecular weight is 313 g/mol. The smallest absolute Gasteiger partial charge is 0.242 e. The van der Waals surface area contributed by atoms with E-state index in [4.69, 9.17) is 5.73 Å². The van der Waals surface area contributed by atoms with Gasteiger partial charge in [0.1, 0.15) is 0 Å². The van der Waals surface area contributed by atoms with Crippen molar-refractivity contribution < 1.29 is 8.42 Å². The second-order valence-corrected chi connectivity index (χ2v) is 7.99. The van der Waals surface area contributed by atoms with Crippen LogP contribution >= 0.6 is 0 Å². The number of hydrogen-bond acceptors (Lipinski definition) is 3. The van der Waals surface area contributed by atoms with Crippen molar-refractivity contribution in [1.29, 1.82) is 0 Å². The Bertz CT molecular complexity index is 558. The molecular weight excluding hydrogens is 286 g/mol. The van der Waals surface area contributed by atoms with Crippen molar-refractivity contribution in [2.75, 3.05) is 0 Å². The number of aryl methyl sites for hydroxylation is 1. The van der Waals surface area contributed by atoms with Gasteiger partial charge in [0.25, 0.3) is 0 Å². The van der Waals surface area contributed by atoms with E-state index in [0.717, 1.165) is 31.5 Å². The lowest BCUT2D eigenvalue weighted by atomic mass is 9.80. The molecule has 3 N–H and O–H groups in total. The first-order chi connectivity index (χ1) is 9.87. The highest BCUT2D eigenvalue weighted by atomic mass is 32.2. The molecule has 3 unspecified atom stereocenters. The average Bonchev–Trinajstić information content (AvgIpc) is 2.86. The summed E-state index contributed by atoms with van der Waals surface area (Å²) in [6.07, 6.45) is 4.76. The van der Waals surface area contributed by atoms with Gasteiger partial charge in [-0.3, -0.25) is 0 Å². The summed E-state index contributed by atoms with van der Waals surface area (Å²) in [6.45, 7) is 7.41. The molecular formula is C15H27N3O2S. The van der Waals surface area contributed by atoms with Crippen LogP contribution in [0.2, 0.25) is 0 Å². The predicted octanol–water partition coefficient (Wildman–Crippen LogP) is 2.07. The topological polar surface area (TPSA) is 77.1 Å². The third-order valence-electron chi connectivity index (χ3n) is 4.56. The molecule has 1 aliphatic carbocycles. The fourth-order valence-electron chi connectivity index (χ4n) is 3.25. The van der Waals surface area contributed by atoms with Crippen LogP contribution in [0.4, 0.5) is 0 Å². The summed E-state index contributed by atoms with van der Waals surface area (Å²) in [6, 6.07) is 1.72. The molecule has 1 aromatic rings. The van der Waals surface area contributed by atoms with Gasteiger partial charge < -0.3 is 10.3 Å². The molecule has 1 aliphatic rings. The van der Waals surface area contributed by atoms with Crippen LogP contribution in [0.25, 0.3) is 0 Å². The summed E-state index contributed by atoms with van der Waals surface area (Å²) in [5.74, 6) is 1.07. The van der Waals surface area contributed by atoms with Crippen molar-refractivity contribution in [3.63, 3.8) is 0 Å². The van der Waals surface area contributed by atoms with Gasteiger partial charge in [-0.2, -0.15) is 0 Å². The van der Waals surface area contributed by atoms with Crippen LogP contribution in [0.15, 0.2) is 17.2 Å². The third-order valence-corrected chi connectivity index (χ3v) is 6.02. The number of rotatable bonds is 5. The second kappa shape index (κ2) is 6.50. The zero-order valence-corrected chi connectivity index (χ0v) is 14.0. The molecule has 1 heterocycles. The molecule has 3 atom stereocenters. The number of sulfonamides is 1. The summed E-state index contributed by atoms with van der Waals surface area (Å²) in [4.78, 5) is 0.329. The van der Waals surface area contributed by atoms with E-state index in [0.29, 0.717) is 23.3 Å². The van der Waals surface area contributed by atoms with Crippen LogP contribution in [0, 0.1) is 11.8 Å². The number of aromatic nitrogens is 1. The Morgan fingerprint density at radius 3 is 2.62 bits per heavy atom. The lowest BCUT2D eigenvalue weighted by molar-refractivity contribution is 0.249. The minimum atomic E-state index is -3.46. The minimum Gasteiger partial charge on any atom is -0.349 e. The van der Waals surface area contributed by atoms with E-state index >= 15 is 0 Å². The Morgan fingerprint density at radius 1 is 1.38 bits per heavy atom. The Hall–Kier alpha value is -0.850. The van der Waals surface area contributed by atoms with Crippen molar-refractivity contribution in [2.24, 2.45) is 17.6 Å².